The lowest BCUT2D eigenvalue weighted by molar-refractivity contribution is -0.119. The van der Waals surface area contributed by atoms with Crippen LogP contribution < -0.4 is 15.2 Å². The molecule has 31 heavy (non-hydrogen) atoms. The molecule has 4 rings (SSSR count). The molecule has 0 aliphatic carbocycles. The van der Waals surface area contributed by atoms with Crippen LogP contribution in [0.2, 0.25) is 10.0 Å². The maximum absolute atomic E-state index is 13.0. The van der Waals surface area contributed by atoms with Crippen molar-refractivity contribution in [3.63, 3.8) is 0 Å². The van der Waals surface area contributed by atoms with Crippen LogP contribution in [-0.4, -0.2) is 36.8 Å². The Labute approximate surface area is 192 Å². The smallest absolute Gasteiger partial charge is 0.281 e. The number of hydrazone groups is 1. The van der Waals surface area contributed by atoms with Crippen molar-refractivity contribution in [1.82, 2.24) is 10.4 Å². The zero-order valence-electron chi connectivity index (χ0n) is 17.5. The number of nitrogens with zero attached hydrogens (tertiary/aromatic N) is 3. The Bertz CT molecular complexity index is 957. The number of hydrogen-bond acceptors (Lipinski definition) is 5. The maximum Gasteiger partial charge on any atom is 0.281 e. The minimum atomic E-state index is -0.159. The van der Waals surface area contributed by atoms with Crippen LogP contribution in [0.5, 0.6) is 5.75 Å². The van der Waals surface area contributed by atoms with Gasteiger partial charge < -0.3 is 4.74 Å². The summed E-state index contributed by atoms with van der Waals surface area (Å²) < 4.78 is 5.28. The lowest BCUT2D eigenvalue weighted by atomic mass is 10.0. The second-order valence-electron chi connectivity index (χ2n) is 7.82. The third kappa shape index (κ3) is 5.14. The molecule has 1 unspecified atom stereocenters. The van der Waals surface area contributed by atoms with E-state index in [9.17, 15) is 4.79 Å². The number of carbonyl (C=O) groups is 1. The van der Waals surface area contributed by atoms with Gasteiger partial charge in [-0.1, -0.05) is 48.2 Å². The van der Waals surface area contributed by atoms with Gasteiger partial charge in [0, 0.05) is 24.5 Å². The molecule has 8 heteroatoms. The third-order valence-corrected chi connectivity index (χ3v) is 6.23. The van der Waals surface area contributed by atoms with Gasteiger partial charge >= 0.3 is 0 Å². The summed E-state index contributed by atoms with van der Waals surface area (Å²) >= 11 is 12.6. The van der Waals surface area contributed by atoms with E-state index in [1.807, 2.05) is 40.3 Å². The Kier molecular flexibility index (Phi) is 7.00. The van der Waals surface area contributed by atoms with Gasteiger partial charge in [0.2, 0.25) is 0 Å². The van der Waals surface area contributed by atoms with Crippen molar-refractivity contribution in [1.29, 1.82) is 0 Å². The summed E-state index contributed by atoms with van der Waals surface area (Å²) in [6.07, 6.45) is 5.07. The van der Waals surface area contributed by atoms with Crippen molar-refractivity contribution in [2.45, 2.75) is 38.1 Å². The number of hydrazine groups is 1. The molecule has 0 aromatic heterocycles. The molecule has 1 N–H and O–H groups in total. The Morgan fingerprint density at radius 3 is 2.42 bits per heavy atom. The summed E-state index contributed by atoms with van der Waals surface area (Å²) in [7, 11) is 1.64. The minimum absolute atomic E-state index is 0.158. The molecule has 6 nitrogen and oxygen atoms in total. The topological polar surface area (TPSA) is 57.2 Å². The Balaban J connectivity index is 1.61. The summed E-state index contributed by atoms with van der Waals surface area (Å²) in [5.41, 5.74) is 5.27. The van der Waals surface area contributed by atoms with E-state index in [-0.39, 0.29) is 11.9 Å². The van der Waals surface area contributed by atoms with Crippen LogP contribution in [0, 0.1) is 0 Å². The standard InChI is InChI=1S/C23H26Cl2N4O2/c1-31-18-9-6-16(7-10-18)22-15-20(23(30)27-28-12-4-2-3-5-13-28)26-29(22)21-11-8-17(24)14-19(21)25/h6-11,14,22H,2-5,12-13,15H2,1H3,(H,27,30). The summed E-state index contributed by atoms with van der Waals surface area (Å²) in [6.45, 7) is 1.74. The van der Waals surface area contributed by atoms with E-state index < -0.39 is 0 Å². The highest BCUT2D eigenvalue weighted by atomic mass is 35.5. The second kappa shape index (κ2) is 9.90. The molecule has 0 saturated carbocycles. The Hall–Kier alpha value is -2.28. The summed E-state index contributed by atoms with van der Waals surface area (Å²) in [5.74, 6) is 0.617. The van der Waals surface area contributed by atoms with Crippen molar-refractivity contribution in [2.24, 2.45) is 5.10 Å². The molecule has 2 aromatic rings. The van der Waals surface area contributed by atoms with Crippen LogP contribution in [-0.2, 0) is 4.79 Å². The summed E-state index contributed by atoms with van der Waals surface area (Å²) in [5, 5.41) is 9.56. The summed E-state index contributed by atoms with van der Waals surface area (Å²) in [4.78, 5) is 13.0. The number of nitrogens with one attached hydrogen (secondary N) is 1. The maximum atomic E-state index is 13.0. The first-order chi connectivity index (χ1) is 15.0. The molecule has 1 saturated heterocycles. The third-order valence-electron chi connectivity index (χ3n) is 5.70. The predicted molar refractivity (Wildman–Crippen MR) is 125 cm³/mol. The number of halogens is 2. The lowest BCUT2D eigenvalue weighted by Gasteiger charge is -2.25. The predicted octanol–water partition coefficient (Wildman–Crippen LogP) is 5.22. The molecule has 1 atom stereocenters. The molecule has 2 aliphatic heterocycles. The minimum Gasteiger partial charge on any atom is -0.497 e. The zero-order chi connectivity index (χ0) is 21.8. The van der Waals surface area contributed by atoms with Crippen molar-refractivity contribution in [3.05, 3.63) is 58.1 Å². The van der Waals surface area contributed by atoms with E-state index in [1.54, 1.807) is 19.2 Å². The molecule has 1 amide bonds. The van der Waals surface area contributed by atoms with Gasteiger partial charge in [-0.3, -0.25) is 15.2 Å². The number of hydrogen-bond donors (Lipinski definition) is 1. The second-order valence-corrected chi connectivity index (χ2v) is 8.67. The fourth-order valence-electron chi connectivity index (χ4n) is 4.01. The van der Waals surface area contributed by atoms with Crippen molar-refractivity contribution >= 4 is 40.5 Å². The molecule has 1 fully saturated rings. The number of ether oxygens (including phenoxy) is 1. The lowest BCUT2D eigenvalue weighted by Crippen LogP contribution is -2.45. The van der Waals surface area contributed by atoms with Gasteiger partial charge in [-0.15, -0.1) is 0 Å². The van der Waals surface area contributed by atoms with E-state index in [4.69, 9.17) is 33.0 Å². The number of amides is 1. The van der Waals surface area contributed by atoms with Crippen LogP contribution in [0.1, 0.15) is 43.7 Å². The molecule has 164 valence electrons. The van der Waals surface area contributed by atoms with E-state index in [0.717, 1.165) is 37.2 Å². The fraction of sp³-hybridized carbons (Fsp3) is 0.391. The molecular weight excluding hydrogens is 435 g/mol. The van der Waals surface area contributed by atoms with Gasteiger partial charge in [-0.25, -0.2) is 5.01 Å². The van der Waals surface area contributed by atoms with Crippen LogP contribution in [0.3, 0.4) is 0 Å². The van der Waals surface area contributed by atoms with E-state index >= 15 is 0 Å². The quantitative estimate of drug-likeness (QED) is 0.664. The average Bonchev–Trinajstić information content (AvgIpc) is 3.05. The van der Waals surface area contributed by atoms with Crippen molar-refractivity contribution < 1.29 is 9.53 Å². The van der Waals surface area contributed by atoms with E-state index in [2.05, 4.69) is 5.43 Å². The van der Waals surface area contributed by atoms with Gasteiger partial charge in [0.25, 0.3) is 5.91 Å². The fourth-order valence-corrected chi connectivity index (χ4v) is 4.51. The number of benzene rings is 2. The van der Waals surface area contributed by atoms with Gasteiger partial charge in [0.1, 0.15) is 11.5 Å². The molecule has 2 heterocycles. The van der Waals surface area contributed by atoms with Gasteiger partial charge in [0.15, 0.2) is 0 Å². The highest BCUT2D eigenvalue weighted by Gasteiger charge is 2.34. The largest absolute Gasteiger partial charge is 0.497 e. The first-order valence-electron chi connectivity index (χ1n) is 10.6. The van der Waals surface area contributed by atoms with Crippen LogP contribution >= 0.6 is 23.2 Å². The number of anilines is 1. The monoisotopic (exact) mass is 460 g/mol. The van der Waals surface area contributed by atoms with Crippen molar-refractivity contribution in [2.75, 3.05) is 25.2 Å². The normalized spacial score (nSPS) is 19.6. The number of carbonyl (C=O) groups excluding carboxylic acids is 1. The molecule has 0 bridgehead atoms. The molecular formula is C23H26Cl2N4O2. The van der Waals surface area contributed by atoms with E-state index in [1.165, 1.54) is 12.8 Å². The van der Waals surface area contributed by atoms with E-state index in [0.29, 0.717) is 27.9 Å². The highest BCUT2D eigenvalue weighted by Crippen LogP contribution is 2.40. The molecule has 0 spiro atoms. The first-order valence-corrected chi connectivity index (χ1v) is 11.3. The van der Waals surface area contributed by atoms with Crippen molar-refractivity contribution in [3.8, 4) is 5.75 Å². The zero-order valence-corrected chi connectivity index (χ0v) is 19.0. The van der Waals surface area contributed by atoms with Gasteiger partial charge in [-0.05, 0) is 48.7 Å². The number of rotatable bonds is 5. The molecule has 2 aliphatic rings. The first kappa shape index (κ1) is 21.9. The summed E-state index contributed by atoms with van der Waals surface area (Å²) in [6, 6.07) is 12.9. The Morgan fingerprint density at radius 2 is 1.77 bits per heavy atom. The van der Waals surface area contributed by atoms with Crippen LogP contribution in [0.4, 0.5) is 5.69 Å². The number of methoxy groups -OCH3 is 1. The molecule has 0 radical (unpaired) electrons. The SMILES string of the molecule is COc1ccc(C2CC(C(=O)NN3CCCCCC3)=NN2c2ccc(Cl)cc2Cl)cc1. The van der Waals surface area contributed by atoms with Gasteiger partial charge in [-0.2, -0.15) is 5.10 Å². The van der Waals surface area contributed by atoms with Gasteiger partial charge in [0.05, 0.1) is 23.9 Å². The Morgan fingerprint density at radius 1 is 1.06 bits per heavy atom. The highest BCUT2D eigenvalue weighted by molar-refractivity contribution is 6.40. The van der Waals surface area contributed by atoms with Crippen LogP contribution in [0.25, 0.3) is 0 Å². The molecule has 2 aromatic carbocycles. The van der Waals surface area contributed by atoms with Crippen LogP contribution in [0.15, 0.2) is 47.6 Å². The average molecular weight is 461 g/mol.